The number of piperidine rings is 1. The summed E-state index contributed by atoms with van der Waals surface area (Å²) in [7, 11) is 0. The van der Waals surface area contributed by atoms with Crippen molar-refractivity contribution in [2.75, 3.05) is 6.54 Å². The number of fused-ring (bicyclic) bond motifs is 2. The zero-order valence-electron chi connectivity index (χ0n) is 15.3. The lowest BCUT2D eigenvalue weighted by atomic mass is 9.94. The first kappa shape index (κ1) is 16.9. The molecule has 3 aromatic carbocycles. The number of hydrogen-bond donors (Lipinski definition) is 0. The number of benzene rings is 3. The molecular formula is C24H23NOS. The largest absolute Gasteiger partial charge is 0.455 e. The lowest BCUT2D eigenvalue weighted by Crippen LogP contribution is -2.33. The molecule has 0 bridgehead atoms. The zero-order valence-corrected chi connectivity index (χ0v) is 16.1. The van der Waals surface area contributed by atoms with Gasteiger partial charge in [-0.1, -0.05) is 72.8 Å². The van der Waals surface area contributed by atoms with E-state index in [-0.39, 0.29) is 0 Å². The minimum atomic E-state index is 0.416. The standard InChI is InChI=1S/C24H23NOS/c1-2-9-18(10-3-1)17-25-16-7-6-12-20(25)19-11-8-15-23-24(19)26-21-13-4-5-14-22(21)27-23/h1-5,8-11,13-15,20H,6-7,12,16-17H2/t20-/m1/s1. The SMILES string of the molecule is c1ccc(CN2CCCC[C@@H]2c2cccc3c2Oc2ccccc2S3)cc1. The fourth-order valence-electron chi connectivity index (χ4n) is 4.18. The van der Waals surface area contributed by atoms with E-state index in [0.29, 0.717) is 6.04 Å². The summed E-state index contributed by atoms with van der Waals surface area (Å²) < 4.78 is 6.41. The molecule has 2 aliphatic rings. The van der Waals surface area contributed by atoms with Crippen LogP contribution in [0.25, 0.3) is 0 Å². The molecular weight excluding hydrogens is 350 g/mol. The van der Waals surface area contributed by atoms with Gasteiger partial charge in [-0.15, -0.1) is 0 Å². The highest BCUT2D eigenvalue weighted by molar-refractivity contribution is 7.99. The number of para-hydroxylation sites is 2. The first-order valence-electron chi connectivity index (χ1n) is 9.74. The van der Waals surface area contributed by atoms with Gasteiger partial charge >= 0.3 is 0 Å². The van der Waals surface area contributed by atoms with Gasteiger partial charge in [-0.2, -0.15) is 0 Å². The third-order valence-electron chi connectivity index (χ3n) is 5.49. The van der Waals surface area contributed by atoms with Crippen LogP contribution in [0, 0.1) is 0 Å². The maximum atomic E-state index is 6.41. The van der Waals surface area contributed by atoms with Crippen molar-refractivity contribution in [1.82, 2.24) is 4.90 Å². The van der Waals surface area contributed by atoms with Crippen LogP contribution in [0.3, 0.4) is 0 Å². The average molecular weight is 374 g/mol. The molecule has 1 saturated heterocycles. The highest BCUT2D eigenvalue weighted by Crippen LogP contribution is 2.50. The van der Waals surface area contributed by atoms with Gasteiger partial charge in [-0.3, -0.25) is 4.90 Å². The predicted molar refractivity (Wildman–Crippen MR) is 111 cm³/mol. The second-order valence-corrected chi connectivity index (χ2v) is 8.38. The molecule has 3 aromatic rings. The van der Waals surface area contributed by atoms with Gasteiger partial charge in [0.1, 0.15) is 11.5 Å². The summed E-state index contributed by atoms with van der Waals surface area (Å²) >= 11 is 1.82. The van der Waals surface area contributed by atoms with E-state index in [0.717, 1.165) is 24.6 Å². The summed E-state index contributed by atoms with van der Waals surface area (Å²) in [5.41, 5.74) is 2.72. The minimum Gasteiger partial charge on any atom is -0.455 e. The summed E-state index contributed by atoms with van der Waals surface area (Å²) in [6.45, 7) is 2.14. The topological polar surface area (TPSA) is 12.5 Å². The Balaban J connectivity index is 1.48. The van der Waals surface area contributed by atoms with Crippen molar-refractivity contribution in [2.45, 2.75) is 41.6 Å². The van der Waals surface area contributed by atoms with Gasteiger partial charge in [0.25, 0.3) is 0 Å². The zero-order chi connectivity index (χ0) is 18.1. The van der Waals surface area contributed by atoms with Gasteiger partial charge in [0.05, 0.1) is 9.79 Å². The van der Waals surface area contributed by atoms with Gasteiger partial charge in [0.15, 0.2) is 0 Å². The quantitative estimate of drug-likeness (QED) is 0.398. The van der Waals surface area contributed by atoms with Crippen molar-refractivity contribution >= 4 is 11.8 Å². The third-order valence-corrected chi connectivity index (χ3v) is 6.59. The monoisotopic (exact) mass is 373 g/mol. The fraction of sp³-hybridized carbons (Fsp3) is 0.250. The number of nitrogens with zero attached hydrogens (tertiary/aromatic N) is 1. The van der Waals surface area contributed by atoms with Crippen LogP contribution in [0.4, 0.5) is 0 Å². The molecule has 0 aliphatic carbocycles. The van der Waals surface area contributed by atoms with E-state index >= 15 is 0 Å². The van der Waals surface area contributed by atoms with E-state index in [9.17, 15) is 0 Å². The lowest BCUT2D eigenvalue weighted by molar-refractivity contribution is 0.138. The minimum absolute atomic E-state index is 0.416. The van der Waals surface area contributed by atoms with E-state index in [2.05, 4.69) is 77.7 Å². The van der Waals surface area contributed by atoms with Crippen LogP contribution in [0.5, 0.6) is 11.5 Å². The Bertz CT molecular complexity index is 940. The van der Waals surface area contributed by atoms with E-state index < -0.39 is 0 Å². The van der Waals surface area contributed by atoms with Crippen LogP contribution in [0.1, 0.15) is 36.4 Å². The molecule has 2 heterocycles. The molecule has 0 N–H and O–H groups in total. The summed E-state index contributed by atoms with van der Waals surface area (Å²) in [4.78, 5) is 5.06. The maximum absolute atomic E-state index is 6.41. The molecule has 0 spiro atoms. The summed E-state index contributed by atoms with van der Waals surface area (Å²) in [6, 6.07) is 26.2. The highest BCUT2D eigenvalue weighted by Gasteiger charge is 2.29. The molecule has 0 amide bonds. The normalized spacial score (nSPS) is 19.0. The molecule has 0 saturated carbocycles. The first-order valence-corrected chi connectivity index (χ1v) is 10.6. The van der Waals surface area contributed by atoms with Crippen LogP contribution in [0.15, 0.2) is 82.6 Å². The third kappa shape index (κ3) is 3.38. The van der Waals surface area contributed by atoms with Gasteiger partial charge in [0, 0.05) is 18.2 Å². The highest BCUT2D eigenvalue weighted by atomic mass is 32.2. The second-order valence-electron chi connectivity index (χ2n) is 7.29. The second kappa shape index (κ2) is 7.41. The first-order chi connectivity index (χ1) is 13.4. The Morgan fingerprint density at radius 2 is 1.67 bits per heavy atom. The average Bonchev–Trinajstić information content (AvgIpc) is 2.73. The maximum Gasteiger partial charge on any atom is 0.146 e. The van der Waals surface area contributed by atoms with Crippen molar-refractivity contribution in [3.63, 3.8) is 0 Å². The summed E-state index contributed by atoms with van der Waals surface area (Å²) in [6.07, 6.45) is 3.75. The van der Waals surface area contributed by atoms with Crippen LogP contribution in [-0.2, 0) is 6.54 Å². The van der Waals surface area contributed by atoms with E-state index in [1.807, 2.05) is 11.8 Å². The molecule has 1 atom stereocenters. The van der Waals surface area contributed by atoms with Gasteiger partial charge in [-0.25, -0.2) is 0 Å². The summed E-state index contributed by atoms with van der Waals surface area (Å²) in [5.74, 6) is 2.04. The molecule has 0 aromatic heterocycles. The molecule has 0 radical (unpaired) electrons. The summed E-state index contributed by atoms with van der Waals surface area (Å²) in [5, 5.41) is 0. The number of ether oxygens (including phenoxy) is 1. The molecule has 2 nitrogen and oxygen atoms in total. The van der Waals surface area contributed by atoms with Crippen molar-refractivity contribution in [2.24, 2.45) is 0 Å². The lowest BCUT2D eigenvalue weighted by Gasteiger charge is -2.37. The van der Waals surface area contributed by atoms with E-state index in [4.69, 9.17) is 4.74 Å². The Hall–Kier alpha value is -2.23. The number of hydrogen-bond acceptors (Lipinski definition) is 3. The number of rotatable bonds is 3. The van der Waals surface area contributed by atoms with E-state index in [1.54, 1.807) is 0 Å². The molecule has 136 valence electrons. The van der Waals surface area contributed by atoms with Gasteiger partial charge in [0.2, 0.25) is 0 Å². The van der Waals surface area contributed by atoms with Crippen molar-refractivity contribution in [3.8, 4) is 11.5 Å². The molecule has 5 rings (SSSR count). The van der Waals surface area contributed by atoms with Crippen molar-refractivity contribution in [1.29, 1.82) is 0 Å². The fourth-order valence-corrected chi connectivity index (χ4v) is 5.18. The van der Waals surface area contributed by atoms with Crippen LogP contribution in [0.2, 0.25) is 0 Å². The Morgan fingerprint density at radius 1 is 0.852 bits per heavy atom. The molecule has 27 heavy (non-hydrogen) atoms. The Kier molecular flexibility index (Phi) is 4.64. The van der Waals surface area contributed by atoms with Crippen LogP contribution >= 0.6 is 11.8 Å². The van der Waals surface area contributed by atoms with Crippen molar-refractivity contribution in [3.05, 3.63) is 83.9 Å². The molecule has 1 fully saturated rings. The Labute approximate surface area is 165 Å². The van der Waals surface area contributed by atoms with Gasteiger partial charge in [-0.05, 0) is 43.1 Å². The van der Waals surface area contributed by atoms with Crippen molar-refractivity contribution < 1.29 is 4.74 Å². The van der Waals surface area contributed by atoms with Gasteiger partial charge < -0.3 is 4.74 Å². The van der Waals surface area contributed by atoms with Crippen LogP contribution < -0.4 is 4.74 Å². The smallest absolute Gasteiger partial charge is 0.146 e. The van der Waals surface area contributed by atoms with E-state index in [1.165, 1.54) is 40.2 Å². The Morgan fingerprint density at radius 3 is 2.59 bits per heavy atom. The molecule has 3 heteroatoms. The van der Waals surface area contributed by atoms with Crippen LogP contribution in [-0.4, -0.2) is 11.4 Å². The molecule has 2 aliphatic heterocycles. The predicted octanol–water partition coefficient (Wildman–Crippen LogP) is 6.67. The molecule has 0 unspecified atom stereocenters. The number of likely N-dealkylation sites (tertiary alicyclic amines) is 1.